The second-order valence-electron chi connectivity index (χ2n) is 5.24. The van der Waals surface area contributed by atoms with Gasteiger partial charge in [-0.15, -0.1) is 0 Å². The Morgan fingerprint density at radius 3 is 1.23 bits per heavy atom. The molecular weight excluding hydrogens is 468 g/mol. The summed E-state index contributed by atoms with van der Waals surface area (Å²) in [6.45, 7) is 0. The molecule has 130 valence electrons. The van der Waals surface area contributed by atoms with Gasteiger partial charge in [0, 0.05) is 20.1 Å². The van der Waals surface area contributed by atoms with E-state index < -0.39 is 23.3 Å². The lowest BCUT2D eigenvalue weighted by Crippen LogP contribution is -2.15. The van der Waals surface area contributed by atoms with E-state index in [4.69, 9.17) is 0 Å². The molecule has 3 aromatic rings. The van der Waals surface area contributed by atoms with Crippen molar-refractivity contribution >= 4 is 43.8 Å². The molecule has 3 rings (SSSR count). The van der Waals surface area contributed by atoms with Gasteiger partial charge in [-0.1, -0.05) is 56.1 Å². The van der Waals surface area contributed by atoms with E-state index in [1.807, 2.05) is 0 Å². The summed E-state index contributed by atoms with van der Waals surface area (Å²) in [7, 11) is 0. The number of hydrogen-bond acceptors (Lipinski definition) is 4. The standard InChI is InChI=1S/C18H10Br2N2O4/c19-11-5-1-9(2-6-11)13-14(10-3-7-12(20)8-4-10)22-16(18(25)26)15(21-13)17(23)24/h1-8H,(H,23,24)(H,25,26). The van der Waals surface area contributed by atoms with Crippen molar-refractivity contribution in [3.8, 4) is 22.5 Å². The van der Waals surface area contributed by atoms with E-state index >= 15 is 0 Å². The molecule has 0 radical (unpaired) electrons. The summed E-state index contributed by atoms with van der Waals surface area (Å²) in [6.07, 6.45) is 0. The van der Waals surface area contributed by atoms with Crippen LogP contribution in [0.5, 0.6) is 0 Å². The van der Waals surface area contributed by atoms with E-state index in [0.29, 0.717) is 22.5 Å². The molecule has 0 atom stereocenters. The monoisotopic (exact) mass is 476 g/mol. The Bertz CT molecular complexity index is 920. The fourth-order valence-corrected chi connectivity index (χ4v) is 2.88. The molecule has 2 aromatic carbocycles. The summed E-state index contributed by atoms with van der Waals surface area (Å²) in [5, 5.41) is 18.7. The van der Waals surface area contributed by atoms with Crippen LogP contribution < -0.4 is 0 Å². The molecule has 8 heteroatoms. The minimum atomic E-state index is -1.45. The maximum Gasteiger partial charge on any atom is 0.357 e. The number of aromatic nitrogens is 2. The highest BCUT2D eigenvalue weighted by Crippen LogP contribution is 2.31. The summed E-state index contributed by atoms with van der Waals surface area (Å²) < 4.78 is 1.69. The molecule has 0 amide bonds. The van der Waals surface area contributed by atoms with Gasteiger partial charge in [-0.05, 0) is 24.3 Å². The smallest absolute Gasteiger partial charge is 0.357 e. The number of benzene rings is 2. The molecule has 0 aliphatic rings. The molecule has 0 spiro atoms. The lowest BCUT2D eigenvalue weighted by atomic mass is 10.0. The molecule has 0 aliphatic heterocycles. The highest BCUT2D eigenvalue weighted by atomic mass is 79.9. The number of rotatable bonds is 4. The van der Waals surface area contributed by atoms with Gasteiger partial charge < -0.3 is 10.2 Å². The van der Waals surface area contributed by atoms with Gasteiger partial charge >= 0.3 is 11.9 Å². The van der Waals surface area contributed by atoms with E-state index in [1.54, 1.807) is 48.5 Å². The maximum atomic E-state index is 11.5. The third kappa shape index (κ3) is 3.66. The van der Waals surface area contributed by atoms with Crippen molar-refractivity contribution in [3.05, 3.63) is 68.9 Å². The molecule has 6 nitrogen and oxygen atoms in total. The van der Waals surface area contributed by atoms with Crippen LogP contribution in [0.1, 0.15) is 21.0 Å². The second-order valence-corrected chi connectivity index (χ2v) is 7.07. The van der Waals surface area contributed by atoms with Gasteiger partial charge in [-0.25, -0.2) is 19.6 Å². The molecular formula is C18H10Br2N2O4. The number of hydrogen-bond donors (Lipinski definition) is 2. The second kappa shape index (κ2) is 7.35. The van der Waals surface area contributed by atoms with E-state index in [2.05, 4.69) is 41.8 Å². The first-order chi connectivity index (χ1) is 12.4. The lowest BCUT2D eigenvalue weighted by Gasteiger charge is -2.12. The summed E-state index contributed by atoms with van der Waals surface area (Å²) in [6, 6.07) is 14.2. The molecule has 1 heterocycles. The van der Waals surface area contributed by atoms with Crippen molar-refractivity contribution in [1.82, 2.24) is 9.97 Å². The molecule has 0 saturated carbocycles. The SMILES string of the molecule is O=C(O)c1nc(-c2ccc(Br)cc2)c(-c2ccc(Br)cc2)nc1C(=O)O. The van der Waals surface area contributed by atoms with Crippen LogP contribution in [0, 0.1) is 0 Å². The Kier molecular flexibility index (Phi) is 5.15. The van der Waals surface area contributed by atoms with Crippen molar-refractivity contribution < 1.29 is 19.8 Å². The van der Waals surface area contributed by atoms with Crippen molar-refractivity contribution in [2.75, 3.05) is 0 Å². The summed E-state index contributed by atoms with van der Waals surface area (Å²) >= 11 is 6.69. The molecule has 0 fully saturated rings. The Labute approximate surface area is 164 Å². The summed E-state index contributed by atoms with van der Waals surface area (Å²) in [5.41, 5.74) is 0.633. The fraction of sp³-hybridized carbons (Fsp3) is 0. The van der Waals surface area contributed by atoms with Crippen LogP contribution in [0.25, 0.3) is 22.5 Å². The Balaban J connectivity index is 2.33. The minimum Gasteiger partial charge on any atom is -0.476 e. The van der Waals surface area contributed by atoms with Crippen LogP contribution in [0.15, 0.2) is 57.5 Å². The zero-order valence-corrected chi connectivity index (χ0v) is 16.2. The van der Waals surface area contributed by atoms with Crippen LogP contribution >= 0.6 is 31.9 Å². The van der Waals surface area contributed by atoms with Crippen LogP contribution in [0.2, 0.25) is 0 Å². The Morgan fingerprint density at radius 2 is 0.962 bits per heavy atom. The maximum absolute atomic E-state index is 11.5. The van der Waals surface area contributed by atoms with Gasteiger partial charge in [-0.2, -0.15) is 0 Å². The number of carbonyl (C=O) groups is 2. The van der Waals surface area contributed by atoms with Crippen molar-refractivity contribution in [1.29, 1.82) is 0 Å². The van der Waals surface area contributed by atoms with Gasteiger partial charge in [0.1, 0.15) is 0 Å². The number of carboxylic acids is 2. The van der Waals surface area contributed by atoms with Gasteiger partial charge in [0.2, 0.25) is 0 Å². The number of carboxylic acid groups (broad SMARTS) is 2. The van der Waals surface area contributed by atoms with Gasteiger partial charge in [0.05, 0.1) is 11.4 Å². The average Bonchev–Trinajstić information content (AvgIpc) is 2.62. The molecule has 26 heavy (non-hydrogen) atoms. The van der Waals surface area contributed by atoms with E-state index in [0.717, 1.165) is 8.95 Å². The zero-order chi connectivity index (χ0) is 18.8. The van der Waals surface area contributed by atoms with Crippen LogP contribution in [-0.2, 0) is 0 Å². The number of nitrogens with zero attached hydrogens (tertiary/aromatic N) is 2. The number of aromatic carboxylic acids is 2. The topological polar surface area (TPSA) is 100 Å². The quantitative estimate of drug-likeness (QED) is 0.563. The highest BCUT2D eigenvalue weighted by molar-refractivity contribution is 9.10. The largest absolute Gasteiger partial charge is 0.476 e. The molecule has 0 bridgehead atoms. The molecule has 0 aliphatic carbocycles. The first-order valence-electron chi connectivity index (χ1n) is 7.27. The van der Waals surface area contributed by atoms with Gasteiger partial charge in [0.15, 0.2) is 11.4 Å². The average molecular weight is 478 g/mol. The van der Waals surface area contributed by atoms with Crippen LogP contribution in [0.3, 0.4) is 0 Å². The number of halogens is 2. The predicted molar refractivity (Wildman–Crippen MR) is 102 cm³/mol. The van der Waals surface area contributed by atoms with Crippen LogP contribution in [-0.4, -0.2) is 32.1 Å². The summed E-state index contributed by atoms with van der Waals surface area (Å²) in [4.78, 5) is 31.2. The first kappa shape index (κ1) is 18.2. The predicted octanol–water partition coefficient (Wildman–Crippen LogP) is 4.73. The molecule has 0 unspecified atom stereocenters. The van der Waals surface area contributed by atoms with Gasteiger partial charge in [0.25, 0.3) is 0 Å². The van der Waals surface area contributed by atoms with Crippen LogP contribution in [0.4, 0.5) is 0 Å². The Morgan fingerprint density at radius 1 is 0.654 bits per heavy atom. The molecule has 2 N–H and O–H groups in total. The van der Waals surface area contributed by atoms with E-state index in [-0.39, 0.29) is 0 Å². The first-order valence-corrected chi connectivity index (χ1v) is 8.86. The third-order valence-electron chi connectivity index (χ3n) is 3.54. The zero-order valence-electron chi connectivity index (χ0n) is 13.0. The normalized spacial score (nSPS) is 10.5. The van der Waals surface area contributed by atoms with Crippen molar-refractivity contribution in [2.45, 2.75) is 0 Å². The molecule has 0 saturated heterocycles. The van der Waals surface area contributed by atoms with E-state index in [9.17, 15) is 19.8 Å². The fourth-order valence-electron chi connectivity index (χ4n) is 2.35. The summed E-state index contributed by atoms with van der Waals surface area (Å²) in [5.74, 6) is -2.90. The lowest BCUT2D eigenvalue weighted by molar-refractivity contribution is 0.0641. The third-order valence-corrected chi connectivity index (χ3v) is 4.59. The van der Waals surface area contributed by atoms with Gasteiger partial charge in [-0.3, -0.25) is 0 Å². The minimum absolute atomic E-state index is 0.294. The van der Waals surface area contributed by atoms with E-state index in [1.165, 1.54) is 0 Å². The Hall–Kier alpha value is -2.58. The van der Waals surface area contributed by atoms with Crippen molar-refractivity contribution in [2.24, 2.45) is 0 Å². The van der Waals surface area contributed by atoms with Crippen molar-refractivity contribution in [3.63, 3.8) is 0 Å². The highest BCUT2D eigenvalue weighted by Gasteiger charge is 2.24. The molecule has 1 aromatic heterocycles.